The number of benzene rings is 1. The second-order valence-electron chi connectivity index (χ2n) is 6.86. The molecule has 0 spiro atoms. The van der Waals surface area contributed by atoms with Gasteiger partial charge in [0.2, 0.25) is 0 Å². The third kappa shape index (κ3) is 4.52. The van der Waals surface area contributed by atoms with Gasteiger partial charge in [-0.1, -0.05) is 16.8 Å². The fourth-order valence-corrected chi connectivity index (χ4v) is 4.61. The van der Waals surface area contributed by atoms with Crippen molar-refractivity contribution in [3.8, 4) is 16.5 Å². The predicted molar refractivity (Wildman–Crippen MR) is 125 cm³/mol. The first-order chi connectivity index (χ1) is 15.9. The van der Waals surface area contributed by atoms with Gasteiger partial charge >= 0.3 is 5.69 Å². The molecule has 0 radical (unpaired) electrons. The molecule has 0 aliphatic carbocycles. The van der Waals surface area contributed by atoms with Gasteiger partial charge in [-0.25, -0.2) is 13.8 Å². The first-order valence-electron chi connectivity index (χ1n) is 9.56. The number of thiophene rings is 1. The maximum Gasteiger partial charge on any atom is 0.335 e. The van der Waals surface area contributed by atoms with Crippen LogP contribution in [0.1, 0.15) is 12.1 Å². The Kier molecular flexibility index (Phi) is 6.30. The number of hydrogen-bond acceptors (Lipinski definition) is 7. The van der Waals surface area contributed by atoms with Gasteiger partial charge < -0.3 is 0 Å². The fourth-order valence-electron chi connectivity index (χ4n) is 3.14. The molecule has 0 N–H and O–H groups in total. The van der Waals surface area contributed by atoms with Gasteiger partial charge in [0.15, 0.2) is 0 Å². The fraction of sp³-hybridized carbons (Fsp3) is 0.143. The van der Waals surface area contributed by atoms with E-state index in [1.54, 1.807) is 19.3 Å². The van der Waals surface area contributed by atoms with Gasteiger partial charge in [-0.15, -0.1) is 16.4 Å². The molecule has 0 aliphatic rings. The highest BCUT2D eigenvalue weighted by Gasteiger charge is 2.17. The molecular weight excluding hydrogens is 469 g/mol. The second-order valence-corrected chi connectivity index (χ2v) is 8.32. The SMILES string of the molecule is Cn1cc(C=N/C=C/n2c(=O)c3sc(-c4ccc(F)cc4Cl)cc3n(CCC#N)c2=O)nn1. The van der Waals surface area contributed by atoms with Gasteiger partial charge in [-0.05, 0) is 24.3 Å². The smallest absolute Gasteiger partial charge is 0.291 e. The summed E-state index contributed by atoms with van der Waals surface area (Å²) in [7, 11) is 1.72. The molecule has 4 rings (SSSR count). The summed E-state index contributed by atoms with van der Waals surface area (Å²) in [6, 6.07) is 7.62. The van der Waals surface area contributed by atoms with E-state index >= 15 is 0 Å². The maximum atomic E-state index is 13.5. The third-order valence-corrected chi connectivity index (χ3v) is 6.08. The number of nitriles is 1. The number of hydrogen-bond donors (Lipinski definition) is 0. The zero-order valence-corrected chi connectivity index (χ0v) is 18.7. The lowest BCUT2D eigenvalue weighted by Crippen LogP contribution is -2.36. The Balaban J connectivity index is 1.83. The van der Waals surface area contributed by atoms with E-state index in [9.17, 15) is 14.0 Å². The number of aliphatic imine (C=N–C) groups is 1. The summed E-state index contributed by atoms with van der Waals surface area (Å²) in [4.78, 5) is 30.8. The zero-order chi connectivity index (χ0) is 23.5. The summed E-state index contributed by atoms with van der Waals surface area (Å²) in [6.45, 7) is 0.0934. The summed E-state index contributed by atoms with van der Waals surface area (Å²) >= 11 is 7.32. The number of aromatic nitrogens is 5. The molecule has 0 bridgehead atoms. The summed E-state index contributed by atoms with van der Waals surface area (Å²) in [5, 5.41) is 16.8. The molecule has 0 amide bonds. The Morgan fingerprint density at radius 2 is 2.15 bits per heavy atom. The van der Waals surface area contributed by atoms with Crippen LogP contribution in [0, 0.1) is 17.1 Å². The summed E-state index contributed by atoms with van der Waals surface area (Å²) < 4.78 is 17.6. The highest BCUT2D eigenvalue weighted by molar-refractivity contribution is 7.22. The molecule has 4 aromatic rings. The first-order valence-corrected chi connectivity index (χ1v) is 10.8. The van der Waals surface area contributed by atoms with E-state index in [0.717, 1.165) is 15.9 Å². The number of rotatable bonds is 6. The van der Waals surface area contributed by atoms with Crippen LogP contribution in [0.3, 0.4) is 0 Å². The lowest BCUT2D eigenvalue weighted by Gasteiger charge is -2.07. The van der Waals surface area contributed by atoms with Crippen molar-refractivity contribution >= 4 is 45.6 Å². The van der Waals surface area contributed by atoms with Gasteiger partial charge in [-0.3, -0.25) is 19.0 Å². The third-order valence-electron chi connectivity index (χ3n) is 4.63. The topological polar surface area (TPSA) is 111 Å². The van der Waals surface area contributed by atoms with E-state index in [1.165, 1.54) is 46.1 Å². The molecule has 3 aromatic heterocycles. The maximum absolute atomic E-state index is 13.5. The lowest BCUT2D eigenvalue weighted by molar-refractivity contribution is 0.628. The normalized spacial score (nSPS) is 11.7. The van der Waals surface area contributed by atoms with Gasteiger partial charge in [-0.2, -0.15) is 5.26 Å². The highest BCUT2D eigenvalue weighted by atomic mass is 35.5. The molecule has 0 aliphatic heterocycles. The molecule has 9 nitrogen and oxygen atoms in total. The molecule has 0 atom stereocenters. The van der Waals surface area contributed by atoms with Crippen molar-refractivity contribution in [1.82, 2.24) is 24.1 Å². The molecule has 0 fully saturated rings. The van der Waals surface area contributed by atoms with Gasteiger partial charge in [0, 0.05) is 36.4 Å². The Morgan fingerprint density at radius 3 is 2.85 bits per heavy atom. The largest absolute Gasteiger partial charge is 0.335 e. The van der Waals surface area contributed by atoms with Crippen LogP contribution in [-0.2, 0) is 13.6 Å². The molecule has 0 saturated carbocycles. The molecular formula is C21H15ClFN7O2S. The van der Waals surface area contributed by atoms with Crippen molar-refractivity contribution in [2.45, 2.75) is 13.0 Å². The van der Waals surface area contributed by atoms with E-state index in [1.807, 2.05) is 6.07 Å². The van der Waals surface area contributed by atoms with Gasteiger partial charge in [0.25, 0.3) is 5.56 Å². The highest BCUT2D eigenvalue weighted by Crippen LogP contribution is 2.36. The monoisotopic (exact) mass is 483 g/mol. The van der Waals surface area contributed by atoms with Crippen LogP contribution in [0.4, 0.5) is 4.39 Å². The minimum absolute atomic E-state index is 0.0736. The summed E-state index contributed by atoms with van der Waals surface area (Å²) in [5.74, 6) is -0.481. The van der Waals surface area contributed by atoms with E-state index in [4.69, 9.17) is 16.9 Å². The van der Waals surface area contributed by atoms with Crippen LogP contribution in [0.25, 0.3) is 26.9 Å². The minimum Gasteiger partial charge on any atom is -0.291 e. The van der Waals surface area contributed by atoms with Crippen molar-refractivity contribution in [1.29, 1.82) is 5.26 Å². The molecule has 3 heterocycles. The molecule has 0 unspecified atom stereocenters. The number of fused-ring (bicyclic) bond motifs is 1. The van der Waals surface area contributed by atoms with Gasteiger partial charge in [0.1, 0.15) is 16.2 Å². The van der Waals surface area contributed by atoms with E-state index in [-0.39, 0.29) is 18.0 Å². The quantitative estimate of drug-likeness (QED) is 0.391. The predicted octanol–water partition coefficient (Wildman–Crippen LogP) is 3.27. The standard InChI is InChI=1S/C21H15ClFN7O2S/c1-28-12-14(26-27-28)11-25-6-8-30-20(31)19-17(29(21(30)32)7-2-5-24)10-18(33-19)15-4-3-13(23)9-16(15)22/h3-4,6,8-12H,2,7H2,1H3/b8-6+,25-11?. The van der Waals surface area contributed by atoms with Gasteiger partial charge in [0.05, 0.1) is 35.4 Å². The van der Waals surface area contributed by atoms with Crippen LogP contribution in [0.5, 0.6) is 0 Å². The van der Waals surface area contributed by atoms with Crippen molar-refractivity contribution in [3.05, 3.63) is 74.0 Å². The first kappa shape index (κ1) is 22.3. The molecule has 33 heavy (non-hydrogen) atoms. The average molecular weight is 484 g/mol. The number of halogens is 2. The second kappa shape index (κ2) is 9.32. The zero-order valence-electron chi connectivity index (χ0n) is 17.1. The van der Waals surface area contributed by atoms with Crippen molar-refractivity contribution in [2.75, 3.05) is 0 Å². The van der Waals surface area contributed by atoms with E-state index in [0.29, 0.717) is 26.4 Å². The molecule has 12 heteroatoms. The van der Waals surface area contributed by atoms with Crippen molar-refractivity contribution in [2.24, 2.45) is 12.0 Å². The van der Waals surface area contributed by atoms with Crippen LogP contribution in [-0.4, -0.2) is 30.3 Å². The number of aryl methyl sites for hydroxylation is 2. The van der Waals surface area contributed by atoms with E-state index in [2.05, 4.69) is 15.3 Å². The van der Waals surface area contributed by atoms with Crippen molar-refractivity contribution < 1.29 is 4.39 Å². The average Bonchev–Trinajstić information content (AvgIpc) is 3.39. The van der Waals surface area contributed by atoms with Crippen LogP contribution >= 0.6 is 22.9 Å². The Morgan fingerprint density at radius 1 is 1.33 bits per heavy atom. The summed E-state index contributed by atoms with van der Waals surface area (Å²) in [5.41, 5.74) is 0.282. The minimum atomic E-state index is -0.608. The van der Waals surface area contributed by atoms with Crippen LogP contribution in [0.2, 0.25) is 5.02 Å². The molecule has 166 valence electrons. The molecule has 0 saturated heterocycles. The summed E-state index contributed by atoms with van der Waals surface area (Å²) in [6.07, 6.45) is 5.71. The van der Waals surface area contributed by atoms with Crippen LogP contribution < -0.4 is 11.2 Å². The van der Waals surface area contributed by atoms with Crippen molar-refractivity contribution in [3.63, 3.8) is 0 Å². The Labute approximate surface area is 194 Å². The Hall–Kier alpha value is -3.88. The van der Waals surface area contributed by atoms with E-state index < -0.39 is 17.1 Å². The Bertz CT molecular complexity index is 1570. The molecule has 1 aromatic carbocycles. The number of nitrogens with zero attached hydrogens (tertiary/aromatic N) is 7. The lowest BCUT2D eigenvalue weighted by atomic mass is 10.2. The van der Waals surface area contributed by atoms with Crippen LogP contribution in [0.15, 0.2) is 51.2 Å².